The number of aliphatic hydroxyl groups excluding tert-OH is 1. The Morgan fingerprint density at radius 1 is 1.43 bits per heavy atom. The quantitative estimate of drug-likeness (QED) is 0.875. The van der Waals surface area contributed by atoms with Crippen LogP contribution >= 0.6 is 0 Å². The SMILES string of the molecule is CC(C)(C)NCc1cccnc1N1CCCC(CCO)C1. The fourth-order valence-electron chi connectivity index (χ4n) is 2.89. The molecule has 2 rings (SSSR count). The molecule has 1 atom stereocenters. The molecule has 1 unspecified atom stereocenters. The predicted molar refractivity (Wildman–Crippen MR) is 87.5 cm³/mol. The predicted octanol–water partition coefficient (Wildman–Crippen LogP) is 2.57. The highest BCUT2D eigenvalue weighted by Gasteiger charge is 2.22. The van der Waals surface area contributed by atoms with Gasteiger partial charge in [-0.05, 0) is 52.0 Å². The number of hydrogen-bond acceptors (Lipinski definition) is 4. The van der Waals surface area contributed by atoms with E-state index in [0.717, 1.165) is 31.9 Å². The number of hydrogen-bond donors (Lipinski definition) is 2. The van der Waals surface area contributed by atoms with Crippen LogP contribution in [0.1, 0.15) is 45.6 Å². The molecule has 1 aromatic heterocycles. The van der Waals surface area contributed by atoms with Crippen molar-refractivity contribution in [3.63, 3.8) is 0 Å². The number of aliphatic hydroxyl groups is 1. The molecular weight excluding hydrogens is 262 g/mol. The zero-order chi connectivity index (χ0) is 15.3. The topological polar surface area (TPSA) is 48.4 Å². The van der Waals surface area contributed by atoms with Gasteiger partial charge in [0.1, 0.15) is 5.82 Å². The summed E-state index contributed by atoms with van der Waals surface area (Å²) in [4.78, 5) is 7.01. The van der Waals surface area contributed by atoms with Crippen molar-refractivity contribution >= 4 is 5.82 Å². The van der Waals surface area contributed by atoms with Crippen molar-refractivity contribution in [2.75, 3.05) is 24.6 Å². The molecule has 21 heavy (non-hydrogen) atoms. The van der Waals surface area contributed by atoms with Crippen molar-refractivity contribution in [3.8, 4) is 0 Å². The second kappa shape index (κ2) is 7.23. The normalized spacial score (nSPS) is 19.8. The van der Waals surface area contributed by atoms with E-state index in [1.807, 2.05) is 12.3 Å². The largest absolute Gasteiger partial charge is 0.396 e. The first-order valence-electron chi connectivity index (χ1n) is 8.04. The van der Waals surface area contributed by atoms with Crippen molar-refractivity contribution in [2.45, 2.75) is 52.1 Å². The maximum absolute atomic E-state index is 9.16. The third-order valence-electron chi connectivity index (χ3n) is 4.03. The summed E-state index contributed by atoms with van der Waals surface area (Å²) in [6.45, 7) is 9.76. The summed E-state index contributed by atoms with van der Waals surface area (Å²) in [5.41, 5.74) is 1.37. The van der Waals surface area contributed by atoms with E-state index in [-0.39, 0.29) is 5.54 Å². The molecule has 4 heteroatoms. The maximum atomic E-state index is 9.16. The fraction of sp³-hybridized carbons (Fsp3) is 0.706. The van der Waals surface area contributed by atoms with Crippen molar-refractivity contribution in [2.24, 2.45) is 5.92 Å². The molecule has 0 bridgehead atoms. The molecule has 1 aromatic rings. The Morgan fingerprint density at radius 2 is 2.24 bits per heavy atom. The Kier molecular flexibility index (Phi) is 5.59. The zero-order valence-corrected chi connectivity index (χ0v) is 13.6. The molecule has 1 saturated heterocycles. The van der Waals surface area contributed by atoms with Crippen molar-refractivity contribution < 1.29 is 5.11 Å². The van der Waals surface area contributed by atoms with Crippen LogP contribution in [0.3, 0.4) is 0 Å². The van der Waals surface area contributed by atoms with Crippen LogP contribution in [0.4, 0.5) is 5.82 Å². The van der Waals surface area contributed by atoms with Crippen LogP contribution in [0, 0.1) is 5.92 Å². The van der Waals surface area contributed by atoms with Crippen LogP contribution in [0.5, 0.6) is 0 Å². The van der Waals surface area contributed by atoms with Gasteiger partial charge >= 0.3 is 0 Å². The molecule has 0 radical (unpaired) electrons. The summed E-state index contributed by atoms with van der Waals surface area (Å²) >= 11 is 0. The van der Waals surface area contributed by atoms with Gasteiger partial charge in [-0.2, -0.15) is 0 Å². The van der Waals surface area contributed by atoms with Gasteiger partial charge in [0.05, 0.1) is 0 Å². The molecule has 0 aromatic carbocycles. The van der Waals surface area contributed by atoms with Gasteiger partial charge in [0.25, 0.3) is 0 Å². The van der Waals surface area contributed by atoms with Crippen LogP contribution in [-0.4, -0.2) is 35.3 Å². The molecule has 1 aliphatic heterocycles. The van der Waals surface area contributed by atoms with E-state index in [2.05, 4.69) is 42.0 Å². The first-order valence-corrected chi connectivity index (χ1v) is 8.04. The summed E-state index contributed by atoms with van der Waals surface area (Å²) in [6.07, 6.45) is 5.19. The summed E-state index contributed by atoms with van der Waals surface area (Å²) in [5.74, 6) is 1.70. The van der Waals surface area contributed by atoms with E-state index in [0.29, 0.717) is 12.5 Å². The lowest BCUT2D eigenvalue weighted by molar-refractivity contribution is 0.244. The lowest BCUT2D eigenvalue weighted by Gasteiger charge is -2.34. The number of nitrogens with zero attached hydrogens (tertiary/aromatic N) is 2. The molecule has 1 fully saturated rings. The highest BCUT2D eigenvalue weighted by Crippen LogP contribution is 2.26. The third-order valence-corrected chi connectivity index (χ3v) is 4.03. The molecule has 0 saturated carbocycles. The highest BCUT2D eigenvalue weighted by molar-refractivity contribution is 5.47. The Balaban J connectivity index is 2.08. The number of pyridine rings is 1. The van der Waals surface area contributed by atoms with Gasteiger partial charge in [0.2, 0.25) is 0 Å². The summed E-state index contributed by atoms with van der Waals surface area (Å²) < 4.78 is 0. The maximum Gasteiger partial charge on any atom is 0.133 e. The summed E-state index contributed by atoms with van der Waals surface area (Å²) in [7, 11) is 0. The Labute approximate surface area is 128 Å². The van der Waals surface area contributed by atoms with E-state index >= 15 is 0 Å². The molecule has 0 amide bonds. The number of anilines is 1. The number of piperidine rings is 1. The van der Waals surface area contributed by atoms with E-state index in [4.69, 9.17) is 5.11 Å². The van der Waals surface area contributed by atoms with E-state index in [1.165, 1.54) is 18.4 Å². The summed E-state index contributed by atoms with van der Waals surface area (Å²) in [6, 6.07) is 4.18. The standard InChI is InChI=1S/C17H29N3O/c1-17(2,3)19-12-15-7-4-9-18-16(15)20-10-5-6-14(13-20)8-11-21/h4,7,9,14,19,21H,5-6,8,10-13H2,1-3H3. The van der Waals surface area contributed by atoms with Gasteiger partial charge in [-0.25, -0.2) is 4.98 Å². The minimum Gasteiger partial charge on any atom is -0.396 e. The Hall–Kier alpha value is -1.13. The van der Waals surface area contributed by atoms with Gasteiger partial charge in [-0.3, -0.25) is 0 Å². The molecule has 0 spiro atoms. The van der Waals surface area contributed by atoms with Crippen molar-refractivity contribution in [1.82, 2.24) is 10.3 Å². The number of aromatic nitrogens is 1. The van der Waals surface area contributed by atoms with Crippen molar-refractivity contribution in [3.05, 3.63) is 23.9 Å². The average Bonchev–Trinajstić information content (AvgIpc) is 2.45. The van der Waals surface area contributed by atoms with Gasteiger partial charge in [-0.1, -0.05) is 6.07 Å². The molecule has 1 aliphatic rings. The van der Waals surface area contributed by atoms with Gasteiger partial charge in [0, 0.05) is 43.5 Å². The highest BCUT2D eigenvalue weighted by atomic mass is 16.3. The second-order valence-electron chi connectivity index (χ2n) is 7.06. The number of nitrogens with one attached hydrogen (secondary N) is 1. The lowest BCUT2D eigenvalue weighted by atomic mass is 9.95. The molecule has 2 N–H and O–H groups in total. The summed E-state index contributed by atoms with van der Waals surface area (Å²) in [5, 5.41) is 12.7. The van der Waals surface area contributed by atoms with Crippen LogP contribution in [0.15, 0.2) is 18.3 Å². The molecule has 0 aliphatic carbocycles. The van der Waals surface area contributed by atoms with Crippen LogP contribution < -0.4 is 10.2 Å². The van der Waals surface area contributed by atoms with E-state index in [1.54, 1.807) is 0 Å². The second-order valence-corrected chi connectivity index (χ2v) is 7.06. The molecule has 4 nitrogen and oxygen atoms in total. The van der Waals surface area contributed by atoms with Gasteiger partial charge in [0.15, 0.2) is 0 Å². The number of rotatable bonds is 5. The van der Waals surface area contributed by atoms with E-state index < -0.39 is 0 Å². The zero-order valence-electron chi connectivity index (χ0n) is 13.6. The molecule has 118 valence electrons. The van der Waals surface area contributed by atoms with Gasteiger partial charge in [-0.15, -0.1) is 0 Å². The lowest BCUT2D eigenvalue weighted by Crippen LogP contribution is -2.39. The molecular formula is C17H29N3O. The third kappa shape index (κ3) is 4.97. The average molecular weight is 291 g/mol. The van der Waals surface area contributed by atoms with E-state index in [9.17, 15) is 0 Å². The fourth-order valence-corrected chi connectivity index (χ4v) is 2.89. The van der Waals surface area contributed by atoms with Crippen molar-refractivity contribution in [1.29, 1.82) is 0 Å². The Bertz CT molecular complexity index is 440. The first kappa shape index (κ1) is 16.2. The smallest absolute Gasteiger partial charge is 0.133 e. The molecule has 2 heterocycles. The van der Waals surface area contributed by atoms with Crippen LogP contribution in [0.2, 0.25) is 0 Å². The van der Waals surface area contributed by atoms with Crippen LogP contribution in [-0.2, 0) is 6.54 Å². The monoisotopic (exact) mass is 291 g/mol. The van der Waals surface area contributed by atoms with Gasteiger partial charge < -0.3 is 15.3 Å². The first-order chi connectivity index (χ1) is 9.99. The van der Waals surface area contributed by atoms with Crippen LogP contribution in [0.25, 0.3) is 0 Å². The minimum atomic E-state index is 0.106. The Morgan fingerprint density at radius 3 is 2.95 bits per heavy atom. The minimum absolute atomic E-state index is 0.106.